The number of rotatable bonds is 4. The molecule has 0 aliphatic rings. The molecule has 94 valence electrons. The predicted octanol–water partition coefficient (Wildman–Crippen LogP) is 3.69. The third-order valence-electron chi connectivity index (χ3n) is 2.83. The largest absolute Gasteiger partial charge is 0.271 e. The quantitative estimate of drug-likeness (QED) is 0.488. The minimum Gasteiger partial charge on any atom is -0.271 e. The highest BCUT2D eigenvalue weighted by atomic mass is 127. The SMILES string of the molecule is NNC(Cc1ccc(Cl)cc1)c1ccc(I)cc1. The van der Waals surface area contributed by atoms with E-state index < -0.39 is 0 Å². The number of hydrogen-bond donors (Lipinski definition) is 2. The van der Waals surface area contributed by atoms with E-state index in [-0.39, 0.29) is 6.04 Å². The highest BCUT2D eigenvalue weighted by Gasteiger charge is 2.10. The second-order valence-electron chi connectivity index (χ2n) is 4.10. The van der Waals surface area contributed by atoms with Crippen LogP contribution in [0, 0.1) is 3.57 Å². The Morgan fingerprint density at radius 3 is 2.22 bits per heavy atom. The molecular formula is C14H14ClIN2. The third-order valence-corrected chi connectivity index (χ3v) is 3.80. The fourth-order valence-corrected chi connectivity index (χ4v) is 2.31. The van der Waals surface area contributed by atoms with Gasteiger partial charge >= 0.3 is 0 Å². The van der Waals surface area contributed by atoms with E-state index in [4.69, 9.17) is 17.4 Å². The summed E-state index contributed by atoms with van der Waals surface area (Å²) in [6, 6.07) is 16.3. The maximum atomic E-state index is 5.88. The molecule has 0 aromatic heterocycles. The molecule has 2 aromatic rings. The van der Waals surface area contributed by atoms with E-state index in [0.29, 0.717) is 0 Å². The van der Waals surface area contributed by atoms with Crippen molar-refractivity contribution >= 4 is 34.2 Å². The van der Waals surface area contributed by atoms with Crippen LogP contribution >= 0.6 is 34.2 Å². The number of halogens is 2. The second-order valence-corrected chi connectivity index (χ2v) is 5.78. The van der Waals surface area contributed by atoms with E-state index in [2.05, 4.69) is 52.3 Å². The molecule has 2 nitrogen and oxygen atoms in total. The molecule has 0 saturated carbocycles. The lowest BCUT2D eigenvalue weighted by Crippen LogP contribution is -2.29. The zero-order valence-electron chi connectivity index (χ0n) is 9.74. The van der Waals surface area contributed by atoms with Gasteiger partial charge in [0, 0.05) is 14.6 Å². The lowest BCUT2D eigenvalue weighted by atomic mass is 9.99. The monoisotopic (exact) mass is 372 g/mol. The predicted molar refractivity (Wildman–Crippen MR) is 84.4 cm³/mol. The summed E-state index contributed by atoms with van der Waals surface area (Å²) in [4.78, 5) is 0. The zero-order chi connectivity index (χ0) is 13.0. The molecule has 0 spiro atoms. The third kappa shape index (κ3) is 3.68. The van der Waals surface area contributed by atoms with E-state index in [9.17, 15) is 0 Å². The summed E-state index contributed by atoms with van der Waals surface area (Å²) >= 11 is 8.17. The maximum Gasteiger partial charge on any atom is 0.0500 e. The van der Waals surface area contributed by atoms with Crippen LogP contribution in [0.5, 0.6) is 0 Å². The summed E-state index contributed by atoms with van der Waals surface area (Å²) in [5, 5.41) is 0.755. The Hall–Kier alpha value is -0.620. The first kappa shape index (κ1) is 13.8. The first-order valence-corrected chi connectivity index (χ1v) is 7.11. The van der Waals surface area contributed by atoms with Crippen LogP contribution < -0.4 is 11.3 Å². The number of hydrazine groups is 1. The van der Waals surface area contributed by atoms with Crippen LogP contribution in [0.15, 0.2) is 48.5 Å². The van der Waals surface area contributed by atoms with Gasteiger partial charge < -0.3 is 0 Å². The molecule has 1 unspecified atom stereocenters. The van der Waals surface area contributed by atoms with Crippen molar-refractivity contribution in [2.75, 3.05) is 0 Å². The fourth-order valence-electron chi connectivity index (χ4n) is 1.82. The standard InChI is InChI=1S/C14H14ClIN2/c15-12-5-1-10(2-6-12)9-14(18-17)11-3-7-13(16)8-4-11/h1-8,14,18H,9,17H2. The van der Waals surface area contributed by atoms with Gasteiger partial charge in [0.05, 0.1) is 0 Å². The molecule has 0 aliphatic heterocycles. The molecule has 0 fully saturated rings. The van der Waals surface area contributed by atoms with Gasteiger partial charge in [-0.25, -0.2) is 0 Å². The summed E-state index contributed by atoms with van der Waals surface area (Å²) in [5.74, 6) is 5.64. The van der Waals surface area contributed by atoms with Crippen molar-refractivity contribution in [1.29, 1.82) is 0 Å². The Balaban J connectivity index is 2.14. The van der Waals surface area contributed by atoms with Crippen LogP contribution in [0.1, 0.15) is 17.2 Å². The van der Waals surface area contributed by atoms with E-state index in [1.807, 2.05) is 24.3 Å². The van der Waals surface area contributed by atoms with Crippen LogP contribution in [-0.4, -0.2) is 0 Å². The molecule has 3 N–H and O–H groups in total. The molecule has 0 aliphatic carbocycles. The van der Waals surface area contributed by atoms with Gasteiger partial charge in [-0.05, 0) is 64.4 Å². The number of benzene rings is 2. The minimum absolute atomic E-state index is 0.114. The van der Waals surface area contributed by atoms with Crippen LogP contribution in [0.25, 0.3) is 0 Å². The van der Waals surface area contributed by atoms with Gasteiger partial charge in [0.15, 0.2) is 0 Å². The summed E-state index contributed by atoms with van der Waals surface area (Å²) in [6.07, 6.45) is 0.842. The summed E-state index contributed by atoms with van der Waals surface area (Å²) in [5.41, 5.74) is 5.26. The fraction of sp³-hybridized carbons (Fsp3) is 0.143. The van der Waals surface area contributed by atoms with Crippen LogP contribution in [0.2, 0.25) is 5.02 Å². The van der Waals surface area contributed by atoms with Gasteiger partial charge in [-0.3, -0.25) is 11.3 Å². The zero-order valence-corrected chi connectivity index (χ0v) is 12.6. The van der Waals surface area contributed by atoms with E-state index in [1.54, 1.807) is 0 Å². The molecule has 0 radical (unpaired) electrons. The second kappa shape index (κ2) is 6.52. The topological polar surface area (TPSA) is 38.0 Å². The van der Waals surface area contributed by atoms with Crippen molar-refractivity contribution in [2.45, 2.75) is 12.5 Å². The van der Waals surface area contributed by atoms with Crippen molar-refractivity contribution in [3.8, 4) is 0 Å². The van der Waals surface area contributed by atoms with Gasteiger partial charge in [-0.1, -0.05) is 35.9 Å². The number of hydrogen-bond acceptors (Lipinski definition) is 2. The first-order valence-electron chi connectivity index (χ1n) is 5.65. The van der Waals surface area contributed by atoms with Gasteiger partial charge in [0.25, 0.3) is 0 Å². The van der Waals surface area contributed by atoms with Crippen molar-refractivity contribution in [1.82, 2.24) is 5.43 Å². The molecule has 4 heteroatoms. The molecule has 18 heavy (non-hydrogen) atoms. The Morgan fingerprint density at radius 1 is 1.06 bits per heavy atom. The van der Waals surface area contributed by atoms with E-state index in [0.717, 1.165) is 11.4 Å². The van der Waals surface area contributed by atoms with Gasteiger partial charge in [-0.2, -0.15) is 0 Å². The number of nitrogens with one attached hydrogen (secondary N) is 1. The molecular weight excluding hydrogens is 359 g/mol. The average Bonchev–Trinajstić information content (AvgIpc) is 2.39. The minimum atomic E-state index is 0.114. The molecule has 0 saturated heterocycles. The molecule has 2 aromatic carbocycles. The highest BCUT2D eigenvalue weighted by Crippen LogP contribution is 2.20. The normalized spacial score (nSPS) is 12.4. The van der Waals surface area contributed by atoms with Crippen LogP contribution in [0.4, 0.5) is 0 Å². The van der Waals surface area contributed by atoms with Crippen molar-refractivity contribution in [2.24, 2.45) is 5.84 Å². The van der Waals surface area contributed by atoms with Crippen molar-refractivity contribution < 1.29 is 0 Å². The Morgan fingerprint density at radius 2 is 1.67 bits per heavy atom. The van der Waals surface area contributed by atoms with Crippen LogP contribution in [0.3, 0.4) is 0 Å². The summed E-state index contributed by atoms with van der Waals surface area (Å²) < 4.78 is 1.22. The van der Waals surface area contributed by atoms with E-state index >= 15 is 0 Å². The lowest BCUT2D eigenvalue weighted by molar-refractivity contribution is 0.552. The van der Waals surface area contributed by atoms with Gasteiger partial charge in [0.1, 0.15) is 0 Å². The Labute approximate surface area is 126 Å². The molecule has 2 rings (SSSR count). The summed E-state index contributed by atoms with van der Waals surface area (Å²) in [7, 11) is 0. The first-order chi connectivity index (χ1) is 8.69. The summed E-state index contributed by atoms with van der Waals surface area (Å²) in [6.45, 7) is 0. The maximum absolute atomic E-state index is 5.88. The average molecular weight is 373 g/mol. The molecule has 0 heterocycles. The van der Waals surface area contributed by atoms with E-state index in [1.165, 1.54) is 14.7 Å². The van der Waals surface area contributed by atoms with Gasteiger partial charge in [-0.15, -0.1) is 0 Å². The lowest BCUT2D eigenvalue weighted by Gasteiger charge is -2.16. The molecule has 0 bridgehead atoms. The Kier molecular flexibility index (Phi) is 5.00. The molecule has 1 atom stereocenters. The highest BCUT2D eigenvalue weighted by molar-refractivity contribution is 14.1. The number of nitrogens with two attached hydrogens (primary N) is 1. The Bertz CT molecular complexity index is 496. The smallest absolute Gasteiger partial charge is 0.0500 e. The van der Waals surface area contributed by atoms with Crippen molar-refractivity contribution in [3.05, 3.63) is 68.3 Å². The van der Waals surface area contributed by atoms with Gasteiger partial charge in [0.2, 0.25) is 0 Å². The van der Waals surface area contributed by atoms with Crippen LogP contribution in [-0.2, 0) is 6.42 Å². The molecule has 0 amide bonds. The van der Waals surface area contributed by atoms with Crippen molar-refractivity contribution in [3.63, 3.8) is 0 Å².